The molecule has 1 unspecified atom stereocenters. The molecule has 0 spiro atoms. The third kappa shape index (κ3) is 6.26. The van der Waals surface area contributed by atoms with Crippen LogP contribution in [0.2, 0.25) is 0 Å². The van der Waals surface area contributed by atoms with Crippen molar-refractivity contribution in [1.82, 2.24) is 4.90 Å². The number of carbonyl (C=O) groups excluding carboxylic acids is 2. The second-order valence-electron chi connectivity index (χ2n) is 5.18. The van der Waals surface area contributed by atoms with E-state index in [1.807, 2.05) is 20.8 Å². The summed E-state index contributed by atoms with van der Waals surface area (Å²) in [6.07, 6.45) is -0.468. The number of hydrogen-bond donors (Lipinski definition) is 1. The standard InChI is InChI=1S/C12H23NO4/c1-9(14)8-13(7-6-10(15)17-5)11(16)12(2,3)4/h9,14H,6-8H2,1-5H3. The number of amides is 1. The van der Waals surface area contributed by atoms with Crippen LogP contribution in [-0.2, 0) is 14.3 Å². The first-order valence-electron chi connectivity index (χ1n) is 5.72. The molecule has 1 amide bonds. The maximum atomic E-state index is 12.1. The smallest absolute Gasteiger partial charge is 0.307 e. The highest BCUT2D eigenvalue weighted by atomic mass is 16.5. The summed E-state index contributed by atoms with van der Waals surface area (Å²) in [5.41, 5.74) is -0.523. The quantitative estimate of drug-likeness (QED) is 0.728. The van der Waals surface area contributed by atoms with Gasteiger partial charge in [-0.25, -0.2) is 0 Å². The lowest BCUT2D eigenvalue weighted by Gasteiger charge is -2.30. The van der Waals surface area contributed by atoms with E-state index in [1.54, 1.807) is 6.92 Å². The number of esters is 1. The lowest BCUT2D eigenvalue weighted by atomic mass is 9.94. The van der Waals surface area contributed by atoms with E-state index in [9.17, 15) is 14.7 Å². The van der Waals surface area contributed by atoms with E-state index in [1.165, 1.54) is 12.0 Å². The number of methoxy groups -OCH3 is 1. The molecule has 0 aliphatic rings. The van der Waals surface area contributed by atoms with Gasteiger partial charge in [-0.15, -0.1) is 0 Å². The van der Waals surface area contributed by atoms with Gasteiger partial charge in [0.2, 0.25) is 5.91 Å². The summed E-state index contributed by atoms with van der Waals surface area (Å²) in [7, 11) is 1.31. The number of nitrogens with zero attached hydrogens (tertiary/aromatic N) is 1. The number of ether oxygens (including phenoxy) is 1. The molecule has 17 heavy (non-hydrogen) atoms. The highest BCUT2D eigenvalue weighted by Crippen LogP contribution is 2.17. The Morgan fingerprint density at radius 1 is 1.35 bits per heavy atom. The second kappa shape index (κ2) is 6.59. The molecule has 5 heteroatoms. The van der Waals surface area contributed by atoms with E-state index in [-0.39, 0.29) is 31.4 Å². The molecule has 0 rings (SSSR count). The summed E-state index contributed by atoms with van der Waals surface area (Å²) in [4.78, 5) is 24.6. The van der Waals surface area contributed by atoms with E-state index in [0.717, 1.165) is 0 Å². The van der Waals surface area contributed by atoms with Crippen molar-refractivity contribution in [3.8, 4) is 0 Å². The molecule has 0 aliphatic carbocycles. The van der Waals surface area contributed by atoms with Crippen molar-refractivity contribution in [1.29, 1.82) is 0 Å². The van der Waals surface area contributed by atoms with Crippen LogP contribution < -0.4 is 0 Å². The number of rotatable bonds is 5. The van der Waals surface area contributed by atoms with Crippen LogP contribution >= 0.6 is 0 Å². The SMILES string of the molecule is COC(=O)CCN(CC(C)O)C(=O)C(C)(C)C. The molecule has 1 N–H and O–H groups in total. The van der Waals surface area contributed by atoms with Gasteiger partial charge >= 0.3 is 5.97 Å². The maximum Gasteiger partial charge on any atom is 0.307 e. The maximum absolute atomic E-state index is 12.1. The highest BCUT2D eigenvalue weighted by molar-refractivity contribution is 5.82. The molecular formula is C12H23NO4. The van der Waals surface area contributed by atoms with Crippen molar-refractivity contribution in [3.63, 3.8) is 0 Å². The molecule has 5 nitrogen and oxygen atoms in total. The van der Waals surface area contributed by atoms with Crippen LogP contribution in [0.5, 0.6) is 0 Å². The van der Waals surface area contributed by atoms with Crippen molar-refractivity contribution < 1.29 is 19.4 Å². The summed E-state index contributed by atoms with van der Waals surface area (Å²) >= 11 is 0. The zero-order valence-electron chi connectivity index (χ0n) is 11.3. The lowest BCUT2D eigenvalue weighted by Crippen LogP contribution is -2.44. The molecule has 0 aromatic rings. The molecule has 0 aromatic heterocycles. The predicted molar refractivity (Wildman–Crippen MR) is 64.3 cm³/mol. The molecule has 0 aliphatic heterocycles. The Kier molecular flexibility index (Phi) is 6.16. The van der Waals surface area contributed by atoms with E-state index < -0.39 is 11.5 Å². The first-order chi connectivity index (χ1) is 7.68. The molecule has 0 aromatic carbocycles. The van der Waals surface area contributed by atoms with Gasteiger partial charge in [0.15, 0.2) is 0 Å². The Hall–Kier alpha value is -1.10. The highest BCUT2D eigenvalue weighted by Gasteiger charge is 2.28. The van der Waals surface area contributed by atoms with Crippen LogP contribution in [0.1, 0.15) is 34.1 Å². The van der Waals surface area contributed by atoms with Gasteiger partial charge in [-0.05, 0) is 6.92 Å². The predicted octanol–water partition coefficient (Wildman–Crippen LogP) is 0.805. The Balaban J connectivity index is 4.54. The summed E-state index contributed by atoms with van der Waals surface area (Å²) in [6.45, 7) is 7.54. The average Bonchev–Trinajstić information content (AvgIpc) is 2.20. The van der Waals surface area contributed by atoms with Crippen LogP contribution in [0, 0.1) is 5.41 Å². The monoisotopic (exact) mass is 245 g/mol. The fraction of sp³-hybridized carbons (Fsp3) is 0.833. The van der Waals surface area contributed by atoms with Gasteiger partial charge in [-0.2, -0.15) is 0 Å². The average molecular weight is 245 g/mol. The Morgan fingerprint density at radius 2 is 1.88 bits per heavy atom. The van der Waals surface area contributed by atoms with Crippen molar-refractivity contribution >= 4 is 11.9 Å². The minimum absolute atomic E-state index is 0.0812. The summed E-state index contributed by atoms with van der Waals surface area (Å²) in [6, 6.07) is 0. The fourth-order valence-electron chi connectivity index (χ4n) is 1.40. The van der Waals surface area contributed by atoms with Crippen LogP contribution in [0.15, 0.2) is 0 Å². The first-order valence-corrected chi connectivity index (χ1v) is 5.72. The summed E-state index contributed by atoms with van der Waals surface area (Å²) in [5, 5.41) is 9.35. The first kappa shape index (κ1) is 15.9. The molecule has 1 atom stereocenters. The minimum Gasteiger partial charge on any atom is -0.469 e. The largest absolute Gasteiger partial charge is 0.469 e. The lowest BCUT2D eigenvalue weighted by molar-refractivity contribution is -0.144. The van der Waals surface area contributed by atoms with Gasteiger partial charge < -0.3 is 14.7 Å². The molecule has 0 fully saturated rings. The zero-order valence-corrected chi connectivity index (χ0v) is 11.3. The Labute approximate surface area is 103 Å². The number of aliphatic hydroxyl groups is 1. The molecule has 0 heterocycles. The summed E-state index contributed by atoms with van der Waals surface area (Å²) < 4.78 is 4.53. The second-order valence-corrected chi connectivity index (χ2v) is 5.18. The van der Waals surface area contributed by atoms with E-state index >= 15 is 0 Å². The topological polar surface area (TPSA) is 66.8 Å². The van der Waals surface area contributed by atoms with Crippen LogP contribution in [-0.4, -0.2) is 48.2 Å². The van der Waals surface area contributed by atoms with Crippen molar-refractivity contribution in [2.45, 2.75) is 40.2 Å². The van der Waals surface area contributed by atoms with Gasteiger partial charge in [0, 0.05) is 18.5 Å². The van der Waals surface area contributed by atoms with E-state index in [2.05, 4.69) is 4.74 Å². The molecular weight excluding hydrogens is 222 g/mol. The van der Waals surface area contributed by atoms with Crippen molar-refractivity contribution in [2.75, 3.05) is 20.2 Å². The van der Waals surface area contributed by atoms with Gasteiger partial charge in [0.05, 0.1) is 19.6 Å². The normalized spacial score (nSPS) is 13.1. The summed E-state index contributed by atoms with van der Waals surface area (Å²) in [5.74, 6) is -0.440. The van der Waals surface area contributed by atoms with Gasteiger partial charge in [0.1, 0.15) is 0 Å². The van der Waals surface area contributed by atoms with Crippen LogP contribution in [0.25, 0.3) is 0 Å². The number of carbonyl (C=O) groups is 2. The third-order valence-electron chi connectivity index (χ3n) is 2.23. The molecule has 0 saturated carbocycles. The molecule has 0 radical (unpaired) electrons. The number of aliphatic hydroxyl groups excluding tert-OH is 1. The van der Waals surface area contributed by atoms with Crippen LogP contribution in [0.4, 0.5) is 0 Å². The van der Waals surface area contributed by atoms with Gasteiger partial charge in [-0.3, -0.25) is 9.59 Å². The molecule has 0 saturated heterocycles. The van der Waals surface area contributed by atoms with E-state index in [4.69, 9.17) is 0 Å². The minimum atomic E-state index is -0.612. The Bertz CT molecular complexity index is 268. The molecule has 100 valence electrons. The third-order valence-corrected chi connectivity index (χ3v) is 2.23. The van der Waals surface area contributed by atoms with Crippen LogP contribution in [0.3, 0.4) is 0 Å². The van der Waals surface area contributed by atoms with Crippen molar-refractivity contribution in [2.24, 2.45) is 5.41 Å². The van der Waals surface area contributed by atoms with E-state index in [0.29, 0.717) is 0 Å². The number of hydrogen-bond acceptors (Lipinski definition) is 4. The fourth-order valence-corrected chi connectivity index (χ4v) is 1.40. The van der Waals surface area contributed by atoms with Gasteiger partial charge in [-0.1, -0.05) is 20.8 Å². The van der Waals surface area contributed by atoms with Crippen molar-refractivity contribution in [3.05, 3.63) is 0 Å². The Morgan fingerprint density at radius 3 is 2.24 bits per heavy atom. The zero-order chi connectivity index (χ0) is 13.6. The molecule has 0 bridgehead atoms. The van der Waals surface area contributed by atoms with Gasteiger partial charge in [0.25, 0.3) is 0 Å².